The van der Waals surface area contributed by atoms with Gasteiger partial charge in [0.25, 0.3) is 0 Å². The Labute approximate surface area is 85.6 Å². The van der Waals surface area contributed by atoms with Crippen LogP contribution in [0.2, 0.25) is 0 Å². The van der Waals surface area contributed by atoms with E-state index >= 15 is 0 Å². The normalized spacial score (nSPS) is 28.7. The maximum atomic E-state index is 9.00. The highest BCUT2D eigenvalue weighted by molar-refractivity contribution is 4.81. The van der Waals surface area contributed by atoms with Crippen molar-refractivity contribution in [2.45, 2.75) is 38.6 Å². The van der Waals surface area contributed by atoms with E-state index in [4.69, 9.17) is 14.6 Å². The second-order valence-corrected chi connectivity index (χ2v) is 4.52. The summed E-state index contributed by atoms with van der Waals surface area (Å²) in [5.74, 6) is 0. The number of rotatable bonds is 4. The van der Waals surface area contributed by atoms with Gasteiger partial charge in [-0.2, -0.15) is 0 Å². The molecule has 0 saturated carbocycles. The molecule has 1 fully saturated rings. The number of nitrogens with one attached hydrogen (secondary N) is 1. The Bertz CT molecular complexity index is 171. The van der Waals surface area contributed by atoms with Gasteiger partial charge in [-0.05, 0) is 20.8 Å². The van der Waals surface area contributed by atoms with Gasteiger partial charge in [-0.25, -0.2) is 0 Å². The summed E-state index contributed by atoms with van der Waals surface area (Å²) in [6.07, 6.45) is -0.308. The highest BCUT2D eigenvalue weighted by atomic mass is 16.6. The topological polar surface area (TPSA) is 50.7 Å². The minimum absolute atomic E-state index is 0.0949. The van der Waals surface area contributed by atoms with Crippen LogP contribution >= 0.6 is 0 Å². The lowest BCUT2D eigenvalue weighted by molar-refractivity contribution is -0.124. The molecule has 1 heterocycles. The Hall–Kier alpha value is -0.160. The summed E-state index contributed by atoms with van der Waals surface area (Å²) in [5.41, 5.74) is -0.114. The summed E-state index contributed by atoms with van der Waals surface area (Å²) in [6, 6.07) is 0. The van der Waals surface area contributed by atoms with Crippen LogP contribution in [0.3, 0.4) is 0 Å². The van der Waals surface area contributed by atoms with Gasteiger partial charge in [-0.15, -0.1) is 0 Å². The van der Waals surface area contributed by atoms with Crippen molar-refractivity contribution in [2.24, 2.45) is 0 Å². The van der Waals surface area contributed by atoms with Crippen molar-refractivity contribution < 1.29 is 14.6 Å². The molecule has 2 N–H and O–H groups in total. The highest BCUT2D eigenvalue weighted by Gasteiger charge is 2.28. The lowest BCUT2D eigenvalue weighted by Crippen LogP contribution is -2.52. The number of hydrogen-bond donors (Lipinski definition) is 2. The van der Waals surface area contributed by atoms with Crippen molar-refractivity contribution in [3.05, 3.63) is 0 Å². The molecule has 0 spiro atoms. The van der Waals surface area contributed by atoms with E-state index in [1.54, 1.807) is 6.92 Å². The van der Waals surface area contributed by atoms with Crippen molar-refractivity contribution >= 4 is 0 Å². The molecule has 2 unspecified atom stereocenters. The fourth-order valence-corrected chi connectivity index (χ4v) is 1.53. The molecule has 1 saturated heterocycles. The largest absolute Gasteiger partial charge is 0.391 e. The first-order chi connectivity index (χ1) is 6.49. The van der Waals surface area contributed by atoms with Crippen LogP contribution in [0.25, 0.3) is 0 Å². The van der Waals surface area contributed by atoms with Crippen LogP contribution in [0.4, 0.5) is 0 Å². The first-order valence-electron chi connectivity index (χ1n) is 5.14. The van der Waals surface area contributed by atoms with Crippen LogP contribution in [-0.2, 0) is 9.47 Å². The second kappa shape index (κ2) is 5.07. The van der Waals surface area contributed by atoms with E-state index in [9.17, 15) is 0 Å². The quantitative estimate of drug-likeness (QED) is 0.683. The van der Waals surface area contributed by atoms with Crippen molar-refractivity contribution in [2.75, 3.05) is 26.3 Å². The molecule has 14 heavy (non-hydrogen) atoms. The molecule has 4 heteroatoms. The first kappa shape index (κ1) is 11.9. The van der Waals surface area contributed by atoms with Crippen molar-refractivity contribution in [1.29, 1.82) is 0 Å². The summed E-state index contributed by atoms with van der Waals surface area (Å²) in [6.45, 7) is 8.44. The van der Waals surface area contributed by atoms with Gasteiger partial charge in [-0.3, -0.25) is 0 Å². The summed E-state index contributed by atoms with van der Waals surface area (Å²) in [4.78, 5) is 0. The molecule has 0 aliphatic carbocycles. The van der Waals surface area contributed by atoms with Crippen LogP contribution in [0.15, 0.2) is 0 Å². The molecule has 0 amide bonds. The third kappa shape index (κ3) is 4.37. The number of hydrogen-bond acceptors (Lipinski definition) is 4. The summed E-state index contributed by atoms with van der Waals surface area (Å²) in [7, 11) is 0. The van der Waals surface area contributed by atoms with Gasteiger partial charge in [0.15, 0.2) is 0 Å². The Balaban J connectivity index is 2.18. The van der Waals surface area contributed by atoms with Gasteiger partial charge in [-0.1, -0.05) is 0 Å². The predicted molar refractivity (Wildman–Crippen MR) is 54.3 cm³/mol. The van der Waals surface area contributed by atoms with Crippen LogP contribution in [0.1, 0.15) is 20.8 Å². The smallest absolute Gasteiger partial charge is 0.0940 e. The third-order valence-corrected chi connectivity index (χ3v) is 2.07. The van der Waals surface area contributed by atoms with Crippen molar-refractivity contribution in [3.63, 3.8) is 0 Å². The molecule has 0 aromatic heterocycles. The van der Waals surface area contributed by atoms with Crippen LogP contribution < -0.4 is 5.32 Å². The van der Waals surface area contributed by atoms with E-state index in [0.717, 1.165) is 13.1 Å². The molecule has 84 valence electrons. The third-order valence-electron chi connectivity index (χ3n) is 2.07. The zero-order chi connectivity index (χ0) is 10.6. The van der Waals surface area contributed by atoms with Gasteiger partial charge >= 0.3 is 0 Å². The second-order valence-electron chi connectivity index (χ2n) is 4.52. The molecule has 1 aliphatic rings. The van der Waals surface area contributed by atoms with Crippen LogP contribution in [-0.4, -0.2) is 49.2 Å². The molecular weight excluding hydrogens is 182 g/mol. The van der Waals surface area contributed by atoms with Gasteiger partial charge in [0, 0.05) is 13.1 Å². The van der Waals surface area contributed by atoms with E-state index in [1.807, 2.05) is 0 Å². The van der Waals surface area contributed by atoms with E-state index in [-0.39, 0.29) is 11.7 Å². The standard InChI is InChI=1S/C10H21NO3/c1-8(12)5-13-6-9-4-11-7-10(2,3)14-9/h8-9,11-12H,4-7H2,1-3H3. The maximum Gasteiger partial charge on any atom is 0.0940 e. The summed E-state index contributed by atoms with van der Waals surface area (Å²) in [5, 5.41) is 12.3. The maximum absolute atomic E-state index is 9.00. The lowest BCUT2D eigenvalue weighted by atomic mass is 10.1. The van der Waals surface area contributed by atoms with Gasteiger partial charge in [0.1, 0.15) is 0 Å². The van der Waals surface area contributed by atoms with Gasteiger partial charge in [0.05, 0.1) is 31.0 Å². The molecule has 0 aromatic rings. The van der Waals surface area contributed by atoms with E-state index in [1.165, 1.54) is 0 Å². The Morgan fingerprint density at radius 2 is 2.36 bits per heavy atom. The molecular formula is C10H21NO3. The van der Waals surface area contributed by atoms with Gasteiger partial charge in [0.2, 0.25) is 0 Å². The van der Waals surface area contributed by atoms with Crippen molar-refractivity contribution in [3.8, 4) is 0 Å². The molecule has 2 atom stereocenters. The Kier molecular flexibility index (Phi) is 4.31. The Morgan fingerprint density at radius 3 is 2.93 bits per heavy atom. The molecule has 1 aliphatic heterocycles. The minimum Gasteiger partial charge on any atom is -0.391 e. The van der Waals surface area contributed by atoms with Gasteiger partial charge < -0.3 is 19.9 Å². The van der Waals surface area contributed by atoms with Crippen LogP contribution in [0.5, 0.6) is 0 Å². The van der Waals surface area contributed by atoms with E-state index in [0.29, 0.717) is 13.2 Å². The van der Waals surface area contributed by atoms with E-state index in [2.05, 4.69) is 19.2 Å². The first-order valence-corrected chi connectivity index (χ1v) is 5.14. The highest BCUT2D eigenvalue weighted by Crippen LogP contribution is 2.15. The Morgan fingerprint density at radius 1 is 1.64 bits per heavy atom. The molecule has 0 radical (unpaired) electrons. The number of ether oxygens (including phenoxy) is 2. The van der Waals surface area contributed by atoms with Crippen molar-refractivity contribution in [1.82, 2.24) is 5.32 Å². The fraction of sp³-hybridized carbons (Fsp3) is 1.00. The monoisotopic (exact) mass is 203 g/mol. The zero-order valence-electron chi connectivity index (χ0n) is 9.25. The lowest BCUT2D eigenvalue weighted by Gasteiger charge is -2.36. The van der Waals surface area contributed by atoms with E-state index < -0.39 is 6.10 Å². The summed E-state index contributed by atoms with van der Waals surface area (Å²) >= 11 is 0. The summed E-state index contributed by atoms with van der Waals surface area (Å²) < 4.78 is 11.1. The van der Waals surface area contributed by atoms with Crippen LogP contribution in [0, 0.1) is 0 Å². The number of aliphatic hydroxyl groups is 1. The molecule has 1 rings (SSSR count). The SMILES string of the molecule is CC(O)COCC1CNCC(C)(C)O1. The molecule has 0 bridgehead atoms. The zero-order valence-corrected chi connectivity index (χ0v) is 9.25. The average Bonchev–Trinajstić information content (AvgIpc) is 2.01. The average molecular weight is 203 g/mol. The fourth-order valence-electron chi connectivity index (χ4n) is 1.53. The predicted octanol–water partition coefficient (Wildman–Crippen LogP) is 0.151. The number of aliphatic hydroxyl groups excluding tert-OH is 1. The minimum atomic E-state index is -0.403. The molecule has 0 aromatic carbocycles. The number of morpholine rings is 1. The molecule has 4 nitrogen and oxygen atoms in total.